The normalized spacial score (nSPS) is 10.0. The first kappa shape index (κ1) is 16.7. The summed E-state index contributed by atoms with van der Waals surface area (Å²) in [4.78, 5) is 11.9. The molecule has 2 aromatic rings. The van der Waals surface area contributed by atoms with Crippen LogP contribution in [0, 0.1) is 13.8 Å². The van der Waals surface area contributed by atoms with E-state index in [1.807, 2.05) is 56.3 Å². The molecule has 122 valence electrons. The van der Waals surface area contributed by atoms with Crippen molar-refractivity contribution in [2.75, 3.05) is 25.6 Å². The zero-order valence-corrected chi connectivity index (χ0v) is 13.7. The SMILES string of the molecule is COc1ccccc1OCCNC(=O)Nc1cc(C)ccc1C. The van der Waals surface area contributed by atoms with Gasteiger partial charge in [0.25, 0.3) is 0 Å². The molecule has 2 rings (SSSR count). The fourth-order valence-electron chi connectivity index (χ4n) is 2.10. The molecule has 0 spiro atoms. The molecule has 2 N–H and O–H groups in total. The lowest BCUT2D eigenvalue weighted by Crippen LogP contribution is -2.32. The predicted octanol–water partition coefficient (Wildman–Crippen LogP) is 3.51. The Morgan fingerprint density at radius 2 is 1.83 bits per heavy atom. The maximum absolute atomic E-state index is 11.9. The number of nitrogens with one attached hydrogen (secondary N) is 2. The molecule has 0 aliphatic heterocycles. The first-order chi connectivity index (χ1) is 11.1. The van der Waals surface area contributed by atoms with Crippen molar-refractivity contribution in [3.63, 3.8) is 0 Å². The van der Waals surface area contributed by atoms with Crippen molar-refractivity contribution in [1.29, 1.82) is 0 Å². The van der Waals surface area contributed by atoms with Gasteiger partial charge in [-0.3, -0.25) is 0 Å². The van der Waals surface area contributed by atoms with Gasteiger partial charge in [-0.2, -0.15) is 0 Å². The number of urea groups is 1. The third kappa shape index (κ3) is 4.92. The minimum Gasteiger partial charge on any atom is -0.493 e. The van der Waals surface area contributed by atoms with E-state index in [1.54, 1.807) is 7.11 Å². The van der Waals surface area contributed by atoms with Crippen LogP contribution < -0.4 is 20.1 Å². The van der Waals surface area contributed by atoms with Gasteiger partial charge in [0.15, 0.2) is 11.5 Å². The third-order valence-corrected chi connectivity index (χ3v) is 3.36. The fraction of sp³-hybridized carbons (Fsp3) is 0.278. The summed E-state index contributed by atoms with van der Waals surface area (Å²) in [7, 11) is 1.60. The molecule has 0 atom stereocenters. The number of carbonyl (C=O) groups is 1. The number of carbonyl (C=O) groups excluding carboxylic acids is 1. The molecule has 23 heavy (non-hydrogen) atoms. The van der Waals surface area contributed by atoms with Crippen LogP contribution in [0.1, 0.15) is 11.1 Å². The van der Waals surface area contributed by atoms with Crippen LogP contribution in [-0.4, -0.2) is 26.3 Å². The highest BCUT2D eigenvalue weighted by atomic mass is 16.5. The summed E-state index contributed by atoms with van der Waals surface area (Å²) in [6, 6.07) is 13.1. The van der Waals surface area contributed by atoms with Crippen LogP contribution in [0.5, 0.6) is 11.5 Å². The van der Waals surface area contributed by atoms with Crippen molar-refractivity contribution in [1.82, 2.24) is 5.32 Å². The number of hydrogen-bond acceptors (Lipinski definition) is 3. The van der Waals surface area contributed by atoms with E-state index in [0.29, 0.717) is 24.7 Å². The van der Waals surface area contributed by atoms with Crippen LogP contribution in [0.25, 0.3) is 0 Å². The molecule has 2 aromatic carbocycles. The van der Waals surface area contributed by atoms with Gasteiger partial charge in [-0.1, -0.05) is 24.3 Å². The number of aryl methyl sites for hydroxylation is 2. The molecular formula is C18H22N2O3. The second kappa shape index (κ2) is 8.08. The number of ether oxygens (including phenoxy) is 2. The van der Waals surface area contributed by atoms with Crippen molar-refractivity contribution in [2.24, 2.45) is 0 Å². The number of benzene rings is 2. The summed E-state index contributed by atoms with van der Waals surface area (Å²) in [5, 5.41) is 5.61. The average molecular weight is 314 g/mol. The van der Waals surface area contributed by atoms with Crippen LogP contribution in [0.15, 0.2) is 42.5 Å². The van der Waals surface area contributed by atoms with Crippen LogP contribution in [0.4, 0.5) is 10.5 Å². The summed E-state index contributed by atoms with van der Waals surface area (Å²) < 4.78 is 10.8. The summed E-state index contributed by atoms with van der Waals surface area (Å²) in [5.41, 5.74) is 2.94. The highest BCUT2D eigenvalue weighted by molar-refractivity contribution is 5.90. The maximum atomic E-state index is 11.9. The summed E-state index contributed by atoms with van der Waals surface area (Å²) in [5.74, 6) is 1.33. The zero-order chi connectivity index (χ0) is 16.7. The molecule has 0 heterocycles. The van der Waals surface area contributed by atoms with Gasteiger partial charge in [0.05, 0.1) is 13.7 Å². The predicted molar refractivity (Wildman–Crippen MR) is 91.4 cm³/mol. The number of para-hydroxylation sites is 2. The number of hydrogen-bond donors (Lipinski definition) is 2. The molecule has 0 aliphatic carbocycles. The molecule has 0 fully saturated rings. The fourth-order valence-corrected chi connectivity index (χ4v) is 2.10. The molecule has 0 radical (unpaired) electrons. The van der Waals surface area contributed by atoms with E-state index in [0.717, 1.165) is 16.8 Å². The minimum absolute atomic E-state index is 0.248. The smallest absolute Gasteiger partial charge is 0.319 e. The third-order valence-electron chi connectivity index (χ3n) is 3.36. The van der Waals surface area contributed by atoms with E-state index in [4.69, 9.17) is 9.47 Å². The summed E-state index contributed by atoms with van der Waals surface area (Å²) in [6.45, 7) is 4.71. The molecule has 0 bridgehead atoms. The van der Waals surface area contributed by atoms with Gasteiger partial charge in [-0.05, 0) is 43.2 Å². The molecule has 0 aliphatic rings. The van der Waals surface area contributed by atoms with Gasteiger partial charge in [0.1, 0.15) is 6.61 Å². The number of rotatable bonds is 6. The van der Waals surface area contributed by atoms with Crippen molar-refractivity contribution in [2.45, 2.75) is 13.8 Å². The van der Waals surface area contributed by atoms with Crippen LogP contribution >= 0.6 is 0 Å². The van der Waals surface area contributed by atoms with Crippen LogP contribution in [-0.2, 0) is 0 Å². The van der Waals surface area contributed by atoms with E-state index in [1.165, 1.54) is 0 Å². The average Bonchev–Trinajstić information content (AvgIpc) is 2.55. The van der Waals surface area contributed by atoms with E-state index < -0.39 is 0 Å². The van der Waals surface area contributed by atoms with Gasteiger partial charge in [0.2, 0.25) is 0 Å². The highest BCUT2D eigenvalue weighted by Crippen LogP contribution is 2.25. The number of amides is 2. The maximum Gasteiger partial charge on any atom is 0.319 e. The molecule has 2 amide bonds. The van der Waals surface area contributed by atoms with E-state index in [-0.39, 0.29) is 6.03 Å². The number of anilines is 1. The Labute approximate surface area is 136 Å². The van der Waals surface area contributed by atoms with Crippen molar-refractivity contribution < 1.29 is 14.3 Å². The van der Waals surface area contributed by atoms with Gasteiger partial charge >= 0.3 is 6.03 Å². The second-order valence-electron chi connectivity index (χ2n) is 5.20. The Bertz CT molecular complexity index is 671. The van der Waals surface area contributed by atoms with Gasteiger partial charge < -0.3 is 20.1 Å². The molecular weight excluding hydrogens is 292 g/mol. The quantitative estimate of drug-likeness (QED) is 0.802. The van der Waals surface area contributed by atoms with Gasteiger partial charge in [0, 0.05) is 5.69 Å². The van der Waals surface area contributed by atoms with Crippen molar-refractivity contribution in [3.05, 3.63) is 53.6 Å². The largest absolute Gasteiger partial charge is 0.493 e. The Kier molecular flexibility index (Phi) is 5.86. The lowest BCUT2D eigenvalue weighted by molar-refractivity contribution is 0.246. The summed E-state index contributed by atoms with van der Waals surface area (Å²) >= 11 is 0. The lowest BCUT2D eigenvalue weighted by Gasteiger charge is -2.12. The second-order valence-corrected chi connectivity index (χ2v) is 5.20. The van der Waals surface area contributed by atoms with E-state index in [9.17, 15) is 4.79 Å². The topological polar surface area (TPSA) is 59.6 Å². The Hall–Kier alpha value is -2.69. The summed E-state index contributed by atoms with van der Waals surface area (Å²) in [6.07, 6.45) is 0. The van der Waals surface area contributed by atoms with Gasteiger partial charge in [-0.15, -0.1) is 0 Å². The molecule has 5 heteroatoms. The highest BCUT2D eigenvalue weighted by Gasteiger charge is 2.05. The van der Waals surface area contributed by atoms with Gasteiger partial charge in [-0.25, -0.2) is 4.79 Å². The van der Waals surface area contributed by atoms with Crippen molar-refractivity contribution >= 4 is 11.7 Å². The van der Waals surface area contributed by atoms with E-state index in [2.05, 4.69) is 10.6 Å². The lowest BCUT2D eigenvalue weighted by atomic mass is 10.1. The Balaban J connectivity index is 1.78. The Morgan fingerprint density at radius 1 is 1.09 bits per heavy atom. The van der Waals surface area contributed by atoms with Crippen LogP contribution in [0.2, 0.25) is 0 Å². The zero-order valence-electron chi connectivity index (χ0n) is 13.7. The monoisotopic (exact) mass is 314 g/mol. The standard InChI is InChI=1S/C18H22N2O3/c1-13-8-9-14(2)15(12-13)20-18(21)19-10-11-23-17-7-5-4-6-16(17)22-3/h4-9,12H,10-11H2,1-3H3,(H2,19,20,21). The van der Waals surface area contributed by atoms with Crippen LogP contribution in [0.3, 0.4) is 0 Å². The molecule has 0 unspecified atom stereocenters. The molecule has 5 nitrogen and oxygen atoms in total. The minimum atomic E-state index is -0.248. The molecule has 0 aromatic heterocycles. The Morgan fingerprint density at radius 3 is 2.57 bits per heavy atom. The number of methoxy groups -OCH3 is 1. The van der Waals surface area contributed by atoms with E-state index >= 15 is 0 Å². The first-order valence-corrected chi connectivity index (χ1v) is 7.48. The molecule has 0 saturated carbocycles. The molecule has 0 saturated heterocycles. The first-order valence-electron chi connectivity index (χ1n) is 7.48. The van der Waals surface area contributed by atoms with Crippen molar-refractivity contribution in [3.8, 4) is 11.5 Å².